The number of nitrogens with zero attached hydrogens (tertiary/aromatic N) is 3. The van der Waals surface area contributed by atoms with Gasteiger partial charge < -0.3 is 10.2 Å². The summed E-state index contributed by atoms with van der Waals surface area (Å²) < 4.78 is 0. The molecule has 0 bridgehead atoms. The predicted molar refractivity (Wildman–Crippen MR) is 62.9 cm³/mol. The van der Waals surface area contributed by atoms with Crippen LogP contribution in [0.3, 0.4) is 0 Å². The third kappa shape index (κ3) is 2.59. The highest BCUT2D eigenvalue weighted by molar-refractivity contribution is 4.88. The molecule has 0 aromatic carbocycles. The molecule has 3 unspecified atom stereocenters. The van der Waals surface area contributed by atoms with Gasteiger partial charge in [0, 0.05) is 18.6 Å². The Kier molecular flexibility index (Phi) is 3.56. The number of nitrogens with one attached hydrogen (secondary N) is 2. The van der Waals surface area contributed by atoms with Crippen LogP contribution in [-0.2, 0) is 6.54 Å². The first-order valence-corrected chi connectivity index (χ1v) is 5.94. The summed E-state index contributed by atoms with van der Waals surface area (Å²) in [5, 5.41) is 10.3. The van der Waals surface area contributed by atoms with Crippen LogP contribution in [0.15, 0.2) is 6.33 Å². The molecule has 0 amide bonds. The van der Waals surface area contributed by atoms with Gasteiger partial charge in [0.05, 0.1) is 6.54 Å². The van der Waals surface area contributed by atoms with Crippen LogP contribution >= 0.6 is 0 Å². The quantitative estimate of drug-likeness (QED) is 0.789. The van der Waals surface area contributed by atoms with E-state index in [1.165, 1.54) is 6.42 Å². The molecule has 5 heteroatoms. The second-order valence-electron chi connectivity index (χ2n) is 4.92. The molecule has 2 heterocycles. The topological polar surface area (TPSA) is 56.8 Å². The van der Waals surface area contributed by atoms with E-state index in [0.717, 1.165) is 18.9 Å². The lowest BCUT2D eigenvalue weighted by Crippen LogP contribution is -2.50. The SMILES string of the molecule is CC1CN(C)C(C)CC1NCc1ncn[nH]1. The largest absolute Gasteiger partial charge is 0.307 e. The molecule has 2 rings (SSSR count). The van der Waals surface area contributed by atoms with Gasteiger partial charge in [-0.3, -0.25) is 5.10 Å². The van der Waals surface area contributed by atoms with E-state index in [1.807, 2.05) is 0 Å². The number of hydrogen-bond donors (Lipinski definition) is 2. The van der Waals surface area contributed by atoms with E-state index in [4.69, 9.17) is 0 Å². The third-order valence-electron chi connectivity index (χ3n) is 3.61. The predicted octanol–water partition coefficient (Wildman–Crippen LogP) is 0.623. The van der Waals surface area contributed by atoms with E-state index in [0.29, 0.717) is 18.0 Å². The maximum atomic E-state index is 4.12. The van der Waals surface area contributed by atoms with Crippen LogP contribution in [0.4, 0.5) is 0 Å². The minimum absolute atomic E-state index is 0.580. The Bertz CT molecular complexity index is 310. The number of likely N-dealkylation sites (tertiary alicyclic amines) is 1. The zero-order valence-electron chi connectivity index (χ0n) is 10.3. The van der Waals surface area contributed by atoms with Crippen LogP contribution in [-0.4, -0.2) is 45.8 Å². The molecule has 3 atom stereocenters. The van der Waals surface area contributed by atoms with Gasteiger partial charge in [-0.2, -0.15) is 5.10 Å². The first-order valence-electron chi connectivity index (χ1n) is 5.94. The summed E-state index contributed by atoms with van der Waals surface area (Å²) in [6.07, 6.45) is 2.75. The Morgan fingerprint density at radius 1 is 1.56 bits per heavy atom. The van der Waals surface area contributed by atoms with Crippen molar-refractivity contribution in [2.45, 2.75) is 38.9 Å². The molecule has 2 N–H and O–H groups in total. The summed E-state index contributed by atoms with van der Waals surface area (Å²) in [6, 6.07) is 1.24. The Labute approximate surface area is 96.6 Å². The molecule has 1 aromatic rings. The van der Waals surface area contributed by atoms with Crippen LogP contribution < -0.4 is 5.32 Å². The highest BCUT2D eigenvalue weighted by atomic mass is 15.2. The summed E-state index contributed by atoms with van der Waals surface area (Å²) in [5.74, 6) is 1.60. The molecular formula is C11H21N5. The van der Waals surface area contributed by atoms with Crippen molar-refractivity contribution in [2.75, 3.05) is 13.6 Å². The van der Waals surface area contributed by atoms with E-state index in [-0.39, 0.29) is 0 Å². The molecule has 16 heavy (non-hydrogen) atoms. The van der Waals surface area contributed by atoms with Gasteiger partial charge in [-0.25, -0.2) is 4.98 Å². The highest BCUT2D eigenvalue weighted by Gasteiger charge is 2.28. The van der Waals surface area contributed by atoms with Crippen molar-refractivity contribution < 1.29 is 0 Å². The maximum Gasteiger partial charge on any atom is 0.138 e. The van der Waals surface area contributed by atoms with Gasteiger partial charge in [0.2, 0.25) is 0 Å². The third-order valence-corrected chi connectivity index (χ3v) is 3.61. The molecule has 1 aliphatic rings. The first-order chi connectivity index (χ1) is 7.66. The van der Waals surface area contributed by atoms with Crippen molar-refractivity contribution in [3.8, 4) is 0 Å². The average Bonchev–Trinajstić information content (AvgIpc) is 2.74. The van der Waals surface area contributed by atoms with Crippen molar-refractivity contribution in [1.82, 2.24) is 25.4 Å². The average molecular weight is 223 g/mol. The lowest BCUT2D eigenvalue weighted by molar-refractivity contribution is 0.121. The standard InChI is InChI=1S/C11H21N5/c1-8-6-16(3)9(2)4-10(8)12-5-11-13-7-14-15-11/h7-10,12H,4-6H2,1-3H3,(H,13,14,15). The van der Waals surface area contributed by atoms with Gasteiger partial charge in [-0.05, 0) is 26.3 Å². The zero-order valence-corrected chi connectivity index (χ0v) is 10.3. The lowest BCUT2D eigenvalue weighted by atomic mass is 9.90. The first kappa shape index (κ1) is 11.5. The van der Waals surface area contributed by atoms with E-state index in [9.17, 15) is 0 Å². The van der Waals surface area contributed by atoms with Crippen LogP contribution in [0.1, 0.15) is 26.1 Å². The van der Waals surface area contributed by atoms with Gasteiger partial charge in [0.15, 0.2) is 0 Å². The minimum atomic E-state index is 0.580. The smallest absolute Gasteiger partial charge is 0.138 e. The van der Waals surface area contributed by atoms with Crippen molar-refractivity contribution in [1.29, 1.82) is 0 Å². The van der Waals surface area contributed by atoms with Gasteiger partial charge in [-0.1, -0.05) is 6.92 Å². The summed E-state index contributed by atoms with van der Waals surface area (Å²) in [7, 11) is 2.20. The molecule has 0 spiro atoms. The summed E-state index contributed by atoms with van der Waals surface area (Å²) in [4.78, 5) is 6.55. The summed E-state index contributed by atoms with van der Waals surface area (Å²) in [5.41, 5.74) is 0. The van der Waals surface area contributed by atoms with Crippen molar-refractivity contribution in [3.05, 3.63) is 12.2 Å². The molecule has 0 aliphatic carbocycles. The second kappa shape index (κ2) is 4.93. The molecular weight excluding hydrogens is 202 g/mol. The fourth-order valence-corrected chi connectivity index (χ4v) is 2.37. The molecule has 1 aliphatic heterocycles. The lowest BCUT2D eigenvalue weighted by Gasteiger charge is -2.40. The van der Waals surface area contributed by atoms with Crippen LogP contribution in [0.5, 0.6) is 0 Å². The maximum absolute atomic E-state index is 4.12. The van der Waals surface area contributed by atoms with E-state index >= 15 is 0 Å². The Morgan fingerprint density at radius 2 is 2.38 bits per heavy atom. The number of H-pyrrole nitrogens is 1. The molecule has 5 nitrogen and oxygen atoms in total. The second-order valence-corrected chi connectivity index (χ2v) is 4.92. The van der Waals surface area contributed by atoms with Crippen LogP contribution in [0.2, 0.25) is 0 Å². The number of aromatic nitrogens is 3. The Balaban J connectivity index is 1.85. The normalized spacial score (nSPS) is 31.8. The molecule has 1 saturated heterocycles. The number of piperidine rings is 1. The Morgan fingerprint density at radius 3 is 3.06 bits per heavy atom. The molecule has 1 aromatic heterocycles. The monoisotopic (exact) mass is 223 g/mol. The number of rotatable bonds is 3. The molecule has 1 fully saturated rings. The van der Waals surface area contributed by atoms with Crippen molar-refractivity contribution in [3.63, 3.8) is 0 Å². The van der Waals surface area contributed by atoms with E-state index in [2.05, 4.69) is 46.3 Å². The number of hydrogen-bond acceptors (Lipinski definition) is 4. The van der Waals surface area contributed by atoms with Gasteiger partial charge in [0.1, 0.15) is 12.2 Å². The Hall–Kier alpha value is -0.940. The van der Waals surface area contributed by atoms with Crippen LogP contribution in [0.25, 0.3) is 0 Å². The van der Waals surface area contributed by atoms with Crippen LogP contribution in [0, 0.1) is 5.92 Å². The van der Waals surface area contributed by atoms with Crippen molar-refractivity contribution in [2.24, 2.45) is 5.92 Å². The summed E-state index contributed by atoms with van der Waals surface area (Å²) in [6.45, 7) is 6.54. The highest BCUT2D eigenvalue weighted by Crippen LogP contribution is 2.20. The van der Waals surface area contributed by atoms with Gasteiger partial charge in [-0.15, -0.1) is 0 Å². The van der Waals surface area contributed by atoms with E-state index < -0.39 is 0 Å². The van der Waals surface area contributed by atoms with Gasteiger partial charge >= 0.3 is 0 Å². The van der Waals surface area contributed by atoms with Crippen molar-refractivity contribution >= 4 is 0 Å². The minimum Gasteiger partial charge on any atom is -0.307 e. The molecule has 90 valence electrons. The molecule has 0 saturated carbocycles. The number of aromatic amines is 1. The van der Waals surface area contributed by atoms with Gasteiger partial charge in [0.25, 0.3) is 0 Å². The van der Waals surface area contributed by atoms with E-state index in [1.54, 1.807) is 6.33 Å². The summed E-state index contributed by atoms with van der Waals surface area (Å²) >= 11 is 0. The molecule has 0 radical (unpaired) electrons. The fourth-order valence-electron chi connectivity index (χ4n) is 2.37. The fraction of sp³-hybridized carbons (Fsp3) is 0.818. The zero-order chi connectivity index (χ0) is 11.5.